The quantitative estimate of drug-likeness (QED) is 0.517. The first kappa shape index (κ1) is 22.1. The number of benzene rings is 2. The molecule has 0 bridgehead atoms. The maximum absolute atomic E-state index is 11.8. The van der Waals surface area contributed by atoms with Gasteiger partial charge < -0.3 is 18.9 Å². The van der Waals surface area contributed by atoms with Gasteiger partial charge in [-0.15, -0.1) is 0 Å². The van der Waals surface area contributed by atoms with Crippen LogP contribution >= 0.6 is 0 Å². The number of ether oxygens (including phenoxy) is 4. The first-order chi connectivity index (χ1) is 14.8. The molecule has 0 amide bonds. The zero-order chi connectivity index (χ0) is 22.5. The van der Waals surface area contributed by atoms with Crippen LogP contribution in [-0.2, 0) is 33.3 Å². The summed E-state index contributed by atoms with van der Waals surface area (Å²) in [6.45, 7) is 7.75. The number of carbonyl (C=O) groups is 3. The van der Waals surface area contributed by atoms with Gasteiger partial charge in [0, 0.05) is 26.3 Å². The fraction of sp³-hybridized carbons (Fsp3) is 0.292. The van der Waals surface area contributed by atoms with Crippen molar-refractivity contribution in [2.75, 3.05) is 6.61 Å². The summed E-state index contributed by atoms with van der Waals surface area (Å²) in [5.41, 5.74) is 1.81. The molecule has 7 nitrogen and oxygen atoms in total. The number of esters is 3. The van der Waals surface area contributed by atoms with Crippen molar-refractivity contribution in [2.24, 2.45) is 0 Å². The summed E-state index contributed by atoms with van der Waals surface area (Å²) in [6, 6.07) is 13.7. The number of fused-ring (bicyclic) bond motifs is 1. The van der Waals surface area contributed by atoms with E-state index in [1.54, 1.807) is 0 Å². The lowest BCUT2D eigenvalue weighted by Gasteiger charge is -2.37. The second kappa shape index (κ2) is 9.47. The van der Waals surface area contributed by atoms with E-state index in [1.807, 2.05) is 42.5 Å². The van der Waals surface area contributed by atoms with Crippen molar-refractivity contribution in [1.82, 2.24) is 0 Å². The third-order valence-corrected chi connectivity index (χ3v) is 4.83. The summed E-state index contributed by atoms with van der Waals surface area (Å²) in [5, 5.41) is 2.09. The fourth-order valence-electron chi connectivity index (χ4n) is 3.44. The van der Waals surface area contributed by atoms with Crippen LogP contribution < -0.4 is 0 Å². The van der Waals surface area contributed by atoms with Crippen LogP contribution in [0.4, 0.5) is 0 Å². The van der Waals surface area contributed by atoms with Crippen molar-refractivity contribution in [3.63, 3.8) is 0 Å². The van der Waals surface area contributed by atoms with Gasteiger partial charge in [0.2, 0.25) is 0 Å². The monoisotopic (exact) mass is 424 g/mol. The molecule has 0 radical (unpaired) electrons. The summed E-state index contributed by atoms with van der Waals surface area (Å²) >= 11 is 0. The highest BCUT2D eigenvalue weighted by Gasteiger charge is 2.43. The summed E-state index contributed by atoms with van der Waals surface area (Å²) in [7, 11) is 0. The molecule has 0 saturated heterocycles. The van der Waals surface area contributed by atoms with Gasteiger partial charge in [-0.1, -0.05) is 43.0 Å². The number of hydrogen-bond donors (Lipinski definition) is 0. The predicted molar refractivity (Wildman–Crippen MR) is 114 cm³/mol. The lowest BCUT2D eigenvalue weighted by atomic mass is 9.89. The molecule has 162 valence electrons. The number of hydrogen-bond acceptors (Lipinski definition) is 7. The van der Waals surface area contributed by atoms with E-state index in [0.29, 0.717) is 11.1 Å². The highest BCUT2D eigenvalue weighted by atomic mass is 16.6. The van der Waals surface area contributed by atoms with Gasteiger partial charge in [-0.3, -0.25) is 14.4 Å². The first-order valence-corrected chi connectivity index (χ1v) is 9.78. The first-order valence-electron chi connectivity index (χ1n) is 9.78. The van der Waals surface area contributed by atoms with Crippen LogP contribution in [0, 0.1) is 0 Å². The molecule has 7 heteroatoms. The molecule has 2 aromatic carbocycles. The Labute approximate surface area is 180 Å². The lowest BCUT2D eigenvalue weighted by Crippen LogP contribution is -2.49. The average molecular weight is 424 g/mol. The SMILES string of the molecule is C=C(C1=CO[C@H](COC(C)=O)[C@@H](OC(C)=O)[C@@H]1OC(C)=O)c1ccc2ccccc2c1. The fourth-order valence-corrected chi connectivity index (χ4v) is 3.44. The second-order valence-electron chi connectivity index (χ2n) is 7.19. The summed E-state index contributed by atoms with van der Waals surface area (Å²) in [6.07, 6.45) is -1.42. The number of rotatable bonds is 6. The van der Waals surface area contributed by atoms with Gasteiger partial charge in [0.25, 0.3) is 0 Å². The van der Waals surface area contributed by atoms with Crippen LogP contribution in [0.3, 0.4) is 0 Å². The average Bonchev–Trinajstić information content (AvgIpc) is 2.72. The molecule has 1 heterocycles. The molecular formula is C24H24O7. The minimum Gasteiger partial charge on any atom is -0.490 e. The van der Waals surface area contributed by atoms with Gasteiger partial charge in [-0.2, -0.15) is 0 Å². The molecule has 0 saturated carbocycles. The van der Waals surface area contributed by atoms with Gasteiger partial charge in [0.05, 0.1) is 6.26 Å². The van der Waals surface area contributed by atoms with Crippen molar-refractivity contribution >= 4 is 34.3 Å². The second-order valence-corrected chi connectivity index (χ2v) is 7.19. The summed E-state index contributed by atoms with van der Waals surface area (Å²) in [4.78, 5) is 34.8. The van der Waals surface area contributed by atoms with Crippen LogP contribution in [0.1, 0.15) is 26.3 Å². The van der Waals surface area contributed by atoms with E-state index in [1.165, 1.54) is 27.0 Å². The molecule has 0 aromatic heterocycles. The molecule has 0 aliphatic carbocycles. The molecule has 3 rings (SSSR count). The Kier molecular flexibility index (Phi) is 6.74. The van der Waals surface area contributed by atoms with E-state index in [4.69, 9.17) is 18.9 Å². The normalized spacial score (nSPS) is 20.2. The molecule has 1 aliphatic rings. The van der Waals surface area contributed by atoms with Crippen LogP contribution in [-0.4, -0.2) is 42.8 Å². The topological polar surface area (TPSA) is 88.1 Å². The lowest BCUT2D eigenvalue weighted by molar-refractivity contribution is -0.179. The third kappa shape index (κ3) is 5.31. The van der Waals surface area contributed by atoms with Crippen molar-refractivity contribution in [3.8, 4) is 0 Å². The molecule has 2 aromatic rings. The Bertz CT molecular complexity index is 1050. The highest BCUT2D eigenvalue weighted by molar-refractivity contribution is 5.89. The maximum atomic E-state index is 11.8. The van der Waals surface area contributed by atoms with Crippen molar-refractivity contribution < 1.29 is 33.3 Å². The largest absolute Gasteiger partial charge is 0.490 e. The molecule has 0 fully saturated rings. The van der Waals surface area contributed by atoms with E-state index < -0.39 is 36.2 Å². The Morgan fingerprint density at radius 3 is 2.26 bits per heavy atom. The molecule has 0 spiro atoms. The summed E-state index contributed by atoms with van der Waals surface area (Å²) < 4.78 is 21.7. The van der Waals surface area contributed by atoms with Gasteiger partial charge in [0.15, 0.2) is 18.3 Å². The van der Waals surface area contributed by atoms with Gasteiger partial charge >= 0.3 is 17.9 Å². The van der Waals surface area contributed by atoms with Crippen LogP contribution in [0.5, 0.6) is 0 Å². The van der Waals surface area contributed by atoms with Crippen LogP contribution in [0.25, 0.3) is 16.3 Å². The van der Waals surface area contributed by atoms with Crippen LogP contribution in [0.15, 0.2) is 60.9 Å². The Balaban J connectivity index is 1.98. The zero-order valence-electron chi connectivity index (χ0n) is 17.6. The molecule has 3 atom stereocenters. The third-order valence-electron chi connectivity index (χ3n) is 4.83. The van der Waals surface area contributed by atoms with E-state index in [0.717, 1.165) is 16.3 Å². The summed E-state index contributed by atoms with van der Waals surface area (Å²) in [5.74, 6) is -1.66. The maximum Gasteiger partial charge on any atom is 0.303 e. The number of carbonyl (C=O) groups excluding carboxylic acids is 3. The van der Waals surface area contributed by atoms with E-state index in [9.17, 15) is 14.4 Å². The Hall–Kier alpha value is -3.61. The minimum atomic E-state index is -1.02. The van der Waals surface area contributed by atoms with Crippen molar-refractivity contribution in [3.05, 3.63) is 66.4 Å². The minimum absolute atomic E-state index is 0.169. The highest BCUT2D eigenvalue weighted by Crippen LogP contribution is 2.34. The van der Waals surface area contributed by atoms with E-state index >= 15 is 0 Å². The smallest absolute Gasteiger partial charge is 0.303 e. The van der Waals surface area contributed by atoms with E-state index in [2.05, 4.69) is 6.58 Å². The Morgan fingerprint density at radius 2 is 1.61 bits per heavy atom. The van der Waals surface area contributed by atoms with Crippen molar-refractivity contribution in [2.45, 2.75) is 39.1 Å². The zero-order valence-corrected chi connectivity index (χ0v) is 17.6. The van der Waals surface area contributed by atoms with Crippen molar-refractivity contribution in [1.29, 1.82) is 0 Å². The van der Waals surface area contributed by atoms with Crippen LogP contribution in [0.2, 0.25) is 0 Å². The van der Waals surface area contributed by atoms with Gasteiger partial charge in [0.1, 0.15) is 6.61 Å². The molecule has 0 unspecified atom stereocenters. The molecule has 1 aliphatic heterocycles. The van der Waals surface area contributed by atoms with Gasteiger partial charge in [-0.05, 0) is 28.0 Å². The van der Waals surface area contributed by atoms with E-state index in [-0.39, 0.29) is 6.61 Å². The molecular weight excluding hydrogens is 400 g/mol. The molecule has 0 N–H and O–H groups in total. The Morgan fingerprint density at radius 1 is 0.935 bits per heavy atom. The molecule has 31 heavy (non-hydrogen) atoms. The standard InChI is InChI=1S/C24H24O7/c1-14(19-10-9-18-7-5-6-8-20(18)11-19)21-12-29-22(13-28-15(2)25)24(31-17(4)27)23(21)30-16(3)26/h5-12,22-24H,1,13H2,2-4H3/t22-,23-,24-/m1/s1. The predicted octanol–water partition coefficient (Wildman–Crippen LogP) is 3.56. The van der Waals surface area contributed by atoms with Gasteiger partial charge in [-0.25, -0.2) is 0 Å².